The Hall–Kier alpha value is -1.31. The van der Waals surface area contributed by atoms with Gasteiger partial charge in [0.1, 0.15) is 5.60 Å². The molecule has 2 heteroatoms. The average Bonchev–Trinajstić information content (AvgIpc) is 2.24. The van der Waals surface area contributed by atoms with Crippen molar-refractivity contribution >= 4 is 5.97 Å². The Morgan fingerprint density at radius 3 is 2.17 bits per heavy atom. The second-order valence-electron chi connectivity index (χ2n) is 5.98. The molecule has 0 saturated heterocycles. The van der Waals surface area contributed by atoms with E-state index in [0.717, 1.165) is 6.42 Å². The van der Waals surface area contributed by atoms with Gasteiger partial charge in [-0.3, -0.25) is 4.79 Å². The molecule has 1 rings (SSSR count). The number of esters is 1. The summed E-state index contributed by atoms with van der Waals surface area (Å²) in [6.07, 6.45) is 1.19. The molecule has 0 heterocycles. The molecule has 0 amide bonds. The van der Waals surface area contributed by atoms with Crippen LogP contribution in [0.25, 0.3) is 0 Å². The lowest BCUT2D eigenvalue weighted by molar-refractivity contribution is -0.154. The summed E-state index contributed by atoms with van der Waals surface area (Å²) in [5.74, 6) is 0.417. The van der Waals surface area contributed by atoms with Crippen molar-refractivity contribution in [2.24, 2.45) is 0 Å². The Balaban J connectivity index is 2.46. The molecule has 0 N–H and O–H groups in total. The van der Waals surface area contributed by atoms with Crippen molar-refractivity contribution in [2.45, 2.75) is 59.0 Å². The summed E-state index contributed by atoms with van der Waals surface area (Å²) in [7, 11) is 0. The minimum absolute atomic E-state index is 0.129. The summed E-state index contributed by atoms with van der Waals surface area (Å²) < 4.78 is 5.28. The third-order valence-electron chi connectivity index (χ3n) is 2.68. The molecule has 0 bridgehead atoms. The third-order valence-corrected chi connectivity index (χ3v) is 2.68. The van der Waals surface area contributed by atoms with E-state index in [1.165, 1.54) is 11.1 Å². The molecule has 1 aromatic carbocycles. The van der Waals surface area contributed by atoms with Gasteiger partial charge in [0, 0.05) is 6.42 Å². The highest BCUT2D eigenvalue weighted by atomic mass is 16.6. The number of hydrogen-bond donors (Lipinski definition) is 0. The summed E-state index contributed by atoms with van der Waals surface area (Å²) in [4.78, 5) is 11.6. The molecule has 0 spiro atoms. The Morgan fingerprint density at radius 1 is 1.17 bits per heavy atom. The molecular formula is C16H24O2. The largest absolute Gasteiger partial charge is 0.460 e. The molecule has 0 aliphatic rings. The van der Waals surface area contributed by atoms with Crippen molar-refractivity contribution in [1.29, 1.82) is 0 Å². The number of aryl methyl sites for hydroxylation is 1. The highest BCUT2D eigenvalue weighted by molar-refractivity contribution is 5.70. The van der Waals surface area contributed by atoms with Gasteiger partial charge in [-0.25, -0.2) is 0 Å². The van der Waals surface area contributed by atoms with E-state index < -0.39 is 5.60 Å². The highest BCUT2D eigenvalue weighted by Gasteiger charge is 2.15. The maximum atomic E-state index is 11.6. The smallest absolute Gasteiger partial charge is 0.306 e. The molecular weight excluding hydrogens is 224 g/mol. The monoisotopic (exact) mass is 248 g/mol. The van der Waals surface area contributed by atoms with Crippen LogP contribution in [0, 0.1) is 0 Å². The maximum absolute atomic E-state index is 11.6. The molecule has 2 nitrogen and oxygen atoms in total. The Kier molecular flexibility index (Phi) is 4.94. The van der Waals surface area contributed by atoms with Gasteiger partial charge in [0.15, 0.2) is 0 Å². The summed E-state index contributed by atoms with van der Waals surface area (Å²) in [5.41, 5.74) is 2.12. The van der Waals surface area contributed by atoms with Gasteiger partial charge in [-0.05, 0) is 44.2 Å². The summed E-state index contributed by atoms with van der Waals surface area (Å²) in [6, 6.07) is 8.46. The molecule has 100 valence electrons. The lowest BCUT2D eigenvalue weighted by Crippen LogP contribution is -2.23. The Morgan fingerprint density at radius 2 is 1.72 bits per heavy atom. The zero-order valence-corrected chi connectivity index (χ0v) is 12.1. The SMILES string of the molecule is CC(C)c1ccc(CCC(=O)OC(C)(C)C)cc1. The first kappa shape index (κ1) is 14.7. The maximum Gasteiger partial charge on any atom is 0.306 e. The fourth-order valence-electron chi connectivity index (χ4n) is 1.71. The van der Waals surface area contributed by atoms with E-state index in [1.54, 1.807) is 0 Å². The number of ether oxygens (including phenoxy) is 1. The van der Waals surface area contributed by atoms with Gasteiger partial charge in [-0.15, -0.1) is 0 Å². The van der Waals surface area contributed by atoms with Gasteiger partial charge < -0.3 is 4.74 Å². The number of hydrogen-bond acceptors (Lipinski definition) is 2. The van der Waals surface area contributed by atoms with Crippen LogP contribution in [-0.4, -0.2) is 11.6 Å². The average molecular weight is 248 g/mol. The van der Waals surface area contributed by atoms with E-state index in [9.17, 15) is 4.79 Å². The first-order valence-electron chi connectivity index (χ1n) is 6.58. The molecule has 1 aromatic rings. The van der Waals surface area contributed by atoms with Gasteiger partial charge >= 0.3 is 5.97 Å². The van der Waals surface area contributed by atoms with Crippen molar-refractivity contribution in [2.75, 3.05) is 0 Å². The van der Waals surface area contributed by atoms with Gasteiger partial charge in [0.05, 0.1) is 0 Å². The van der Waals surface area contributed by atoms with E-state index >= 15 is 0 Å². The van der Waals surface area contributed by atoms with Crippen LogP contribution in [-0.2, 0) is 16.0 Å². The van der Waals surface area contributed by atoms with Gasteiger partial charge in [-0.1, -0.05) is 38.1 Å². The van der Waals surface area contributed by atoms with E-state index in [-0.39, 0.29) is 5.97 Å². The Labute approximate surface area is 110 Å². The van der Waals surface area contributed by atoms with Crippen molar-refractivity contribution in [3.8, 4) is 0 Å². The molecule has 0 atom stereocenters. The zero-order valence-electron chi connectivity index (χ0n) is 12.1. The Bertz CT molecular complexity index is 383. The second kappa shape index (κ2) is 6.03. The van der Waals surface area contributed by atoms with Crippen LogP contribution in [0.4, 0.5) is 0 Å². The normalized spacial score (nSPS) is 11.7. The van der Waals surface area contributed by atoms with E-state index in [1.807, 2.05) is 20.8 Å². The van der Waals surface area contributed by atoms with E-state index in [4.69, 9.17) is 4.74 Å². The molecule has 0 radical (unpaired) electrons. The molecule has 0 aromatic heterocycles. The fourth-order valence-corrected chi connectivity index (χ4v) is 1.71. The van der Waals surface area contributed by atoms with Gasteiger partial charge in [0.2, 0.25) is 0 Å². The minimum Gasteiger partial charge on any atom is -0.460 e. The topological polar surface area (TPSA) is 26.3 Å². The first-order chi connectivity index (χ1) is 8.28. The van der Waals surface area contributed by atoms with Crippen LogP contribution in [0.15, 0.2) is 24.3 Å². The lowest BCUT2D eigenvalue weighted by Gasteiger charge is -2.19. The fraction of sp³-hybridized carbons (Fsp3) is 0.562. The van der Waals surface area contributed by atoms with Crippen molar-refractivity contribution in [1.82, 2.24) is 0 Å². The second-order valence-corrected chi connectivity index (χ2v) is 5.98. The van der Waals surface area contributed by atoms with Crippen LogP contribution < -0.4 is 0 Å². The standard InChI is InChI=1S/C16H24O2/c1-12(2)14-9-6-13(7-10-14)8-11-15(17)18-16(3,4)5/h6-7,9-10,12H,8,11H2,1-5H3. The van der Waals surface area contributed by atoms with Crippen LogP contribution in [0.3, 0.4) is 0 Å². The zero-order chi connectivity index (χ0) is 13.8. The van der Waals surface area contributed by atoms with E-state index in [2.05, 4.69) is 38.1 Å². The van der Waals surface area contributed by atoms with Crippen LogP contribution in [0.1, 0.15) is 58.1 Å². The van der Waals surface area contributed by atoms with Crippen molar-refractivity contribution < 1.29 is 9.53 Å². The van der Waals surface area contributed by atoms with Crippen molar-refractivity contribution in [3.63, 3.8) is 0 Å². The summed E-state index contributed by atoms with van der Waals surface area (Å²) in [5, 5.41) is 0. The summed E-state index contributed by atoms with van der Waals surface area (Å²) >= 11 is 0. The first-order valence-corrected chi connectivity index (χ1v) is 6.58. The van der Waals surface area contributed by atoms with E-state index in [0.29, 0.717) is 12.3 Å². The number of benzene rings is 1. The van der Waals surface area contributed by atoms with Crippen LogP contribution in [0.2, 0.25) is 0 Å². The molecule has 0 fully saturated rings. The third kappa shape index (κ3) is 5.35. The van der Waals surface area contributed by atoms with Crippen molar-refractivity contribution in [3.05, 3.63) is 35.4 Å². The van der Waals surface area contributed by atoms with Crippen LogP contribution >= 0.6 is 0 Å². The number of rotatable bonds is 4. The molecule has 0 saturated carbocycles. The highest BCUT2D eigenvalue weighted by Crippen LogP contribution is 2.16. The number of carbonyl (C=O) groups excluding carboxylic acids is 1. The summed E-state index contributed by atoms with van der Waals surface area (Å²) in [6.45, 7) is 10.0. The molecule has 0 unspecified atom stereocenters. The molecule has 18 heavy (non-hydrogen) atoms. The van der Waals surface area contributed by atoms with Gasteiger partial charge in [0.25, 0.3) is 0 Å². The number of carbonyl (C=O) groups is 1. The minimum atomic E-state index is -0.390. The molecule has 0 aliphatic carbocycles. The van der Waals surface area contributed by atoms with Crippen LogP contribution in [0.5, 0.6) is 0 Å². The van der Waals surface area contributed by atoms with Gasteiger partial charge in [-0.2, -0.15) is 0 Å². The lowest BCUT2D eigenvalue weighted by atomic mass is 10.0. The predicted octanol–water partition coefficient (Wildman–Crippen LogP) is 4.08. The predicted molar refractivity (Wildman–Crippen MR) is 74.7 cm³/mol. The quantitative estimate of drug-likeness (QED) is 0.750. The molecule has 0 aliphatic heterocycles.